The zero-order chi connectivity index (χ0) is 31.1. The Balaban J connectivity index is 1.25. The van der Waals surface area contributed by atoms with Crippen molar-refractivity contribution in [1.82, 2.24) is 0 Å². The SMILES string of the molecule is CC(=O)OCCS(=O)(=O)Nc1ccc(NC(=O)c2cc3c(c(N4CCC(F)(F)CC4)c2)OCC3)c(N2CCC3(CC2)CC3)c1. The van der Waals surface area contributed by atoms with Crippen LogP contribution in [0.2, 0.25) is 0 Å². The summed E-state index contributed by atoms with van der Waals surface area (Å²) in [5.74, 6) is -3.33. The molecule has 1 spiro atoms. The number of hydrogen-bond donors (Lipinski definition) is 2. The fraction of sp³-hybridized carbons (Fsp3) is 0.548. The van der Waals surface area contributed by atoms with Gasteiger partial charge < -0.3 is 24.6 Å². The summed E-state index contributed by atoms with van der Waals surface area (Å²) in [5.41, 5.74) is 3.93. The maximum atomic E-state index is 13.9. The van der Waals surface area contributed by atoms with Gasteiger partial charge in [-0.05, 0) is 61.4 Å². The molecule has 0 aromatic heterocycles. The predicted molar refractivity (Wildman–Crippen MR) is 164 cm³/mol. The number of nitrogens with one attached hydrogen (secondary N) is 2. The van der Waals surface area contributed by atoms with Crippen LogP contribution in [0.1, 0.15) is 61.4 Å². The normalized spacial score (nSPS) is 20.1. The first-order chi connectivity index (χ1) is 20.9. The minimum absolute atomic E-state index is 0.173. The molecule has 4 aliphatic rings. The van der Waals surface area contributed by atoms with Gasteiger partial charge in [-0.2, -0.15) is 0 Å². The Labute approximate surface area is 256 Å². The number of rotatable bonds is 9. The quantitative estimate of drug-likeness (QED) is 0.379. The topological polar surface area (TPSA) is 117 Å². The number of carbonyl (C=O) groups is 2. The Morgan fingerprint density at radius 1 is 0.955 bits per heavy atom. The lowest BCUT2D eigenvalue weighted by atomic mass is 9.93. The van der Waals surface area contributed by atoms with E-state index in [1.54, 1.807) is 30.3 Å². The van der Waals surface area contributed by atoms with Crippen molar-refractivity contribution in [1.29, 1.82) is 0 Å². The zero-order valence-electron chi connectivity index (χ0n) is 24.8. The molecule has 0 unspecified atom stereocenters. The number of alkyl halides is 2. The summed E-state index contributed by atoms with van der Waals surface area (Å²) in [6, 6.07) is 8.50. The van der Waals surface area contributed by atoms with Crippen molar-refractivity contribution >= 4 is 44.6 Å². The molecule has 2 aromatic rings. The van der Waals surface area contributed by atoms with Crippen LogP contribution >= 0.6 is 0 Å². The maximum Gasteiger partial charge on any atom is 0.302 e. The Morgan fingerprint density at radius 3 is 2.32 bits per heavy atom. The Hall–Kier alpha value is -3.61. The van der Waals surface area contributed by atoms with Gasteiger partial charge in [-0.1, -0.05) is 0 Å². The summed E-state index contributed by atoms with van der Waals surface area (Å²) in [4.78, 5) is 28.8. The standard InChI is InChI=1S/C31H38F2N4O6S/c1-21(38)42-16-17-44(40,41)35-24-2-3-25(26(20-24)36-11-7-30(5-6-30)8-12-36)34-29(39)23-18-22-4-15-43-28(22)27(19-23)37-13-9-31(32,33)10-14-37/h2-3,18-20,35H,4-17H2,1H3,(H,34,39). The van der Waals surface area contributed by atoms with E-state index < -0.39 is 21.9 Å². The molecule has 3 aliphatic heterocycles. The average molecular weight is 633 g/mol. The fourth-order valence-electron chi connectivity index (χ4n) is 6.31. The zero-order valence-corrected chi connectivity index (χ0v) is 25.6. The summed E-state index contributed by atoms with van der Waals surface area (Å²) < 4.78 is 66.3. The number of piperidine rings is 2. The molecule has 3 heterocycles. The highest BCUT2D eigenvalue weighted by atomic mass is 32.2. The molecular weight excluding hydrogens is 594 g/mol. The van der Waals surface area contributed by atoms with E-state index >= 15 is 0 Å². The van der Waals surface area contributed by atoms with E-state index in [9.17, 15) is 26.8 Å². The second kappa shape index (κ2) is 11.7. The van der Waals surface area contributed by atoms with Crippen molar-refractivity contribution in [2.45, 2.75) is 57.8 Å². The highest BCUT2D eigenvalue weighted by Gasteiger charge is 2.44. The Kier molecular flexibility index (Phi) is 8.10. The number of hydrogen-bond acceptors (Lipinski definition) is 8. The minimum Gasteiger partial charge on any atom is -0.491 e. The molecule has 10 nitrogen and oxygen atoms in total. The van der Waals surface area contributed by atoms with Crippen molar-refractivity contribution < 1.29 is 36.3 Å². The van der Waals surface area contributed by atoms with Gasteiger partial charge in [0.2, 0.25) is 10.0 Å². The lowest BCUT2D eigenvalue weighted by Crippen LogP contribution is -2.39. The van der Waals surface area contributed by atoms with Crippen molar-refractivity contribution in [3.8, 4) is 5.75 Å². The van der Waals surface area contributed by atoms with Crippen molar-refractivity contribution in [2.75, 3.05) is 65.0 Å². The van der Waals surface area contributed by atoms with Crippen LogP contribution in [-0.2, 0) is 26.0 Å². The van der Waals surface area contributed by atoms with Gasteiger partial charge in [0, 0.05) is 63.5 Å². The number of halogens is 2. The van der Waals surface area contributed by atoms with Gasteiger partial charge in [-0.3, -0.25) is 14.3 Å². The van der Waals surface area contributed by atoms with E-state index in [0.29, 0.717) is 52.5 Å². The second-order valence-electron chi connectivity index (χ2n) is 12.4. The summed E-state index contributed by atoms with van der Waals surface area (Å²) in [6.45, 7) is 3.34. The molecule has 2 N–H and O–H groups in total. The molecule has 1 amide bonds. The number of ether oxygens (including phenoxy) is 2. The van der Waals surface area contributed by atoms with Crippen LogP contribution in [0.3, 0.4) is 0 Å². The molecule has 44 heavy (non-hydrogen) atoms. The molecule has 238 valence electrons. The van der Waals surface area contributed by atoms with Crippen LogP contribution in [-0.4, -0.2) is 71.4 Å². The van der Waals surface area contributed by atoms with Crippen LogP contribution in [0.15, 0.2) is 30.3 Å². The largest absolute Gasteiger partial charge is 0.491 e. The van der Waals surface area contributed by atoms with Crippen LogP contribution in [0.25, 0.3) is 0 Å². The molecule has 13 heteroatoms. The number of benzene rings is 2. The third-order valence-corrected chi connectivity index (χ3v) is 10.4. The van der Waals surface area contributed by atoms with Gasteiger partial charge in [-0.15, -0.1) is 0 Å². The first kappa shape index (κ1) is 30.4. The van der Waals surface area contributed by atoms with Gasteiger partial charge in [0.25, 0.3) is 11.8 Å². The van der Waals surface area contributed by atoms with Gasteiger partial charge in [0.05, 0.1) is 29.4 Å². The summed E-state index contributed by atoms with van der Waals surface area (Å²) in [6.07, 6.45) is 4.64. The molecule has 6 rings (SSSR count). The molecule has 0 radical (unpaired) electrons. The van der Waals surface area contributed by atoms with Gasteiger partial charge >= 0.3 is 5.97 Å². The molecule has 0 atom stereocenters. The minimum atomic E-state index is -3.79. The van der Waals surface area contributed by atoms with Gasteiger partial charge in [-0.25, -0.2) is 17.2 Å². The molecule has 2 aromatic carbocycles. The predicted octanol–water partition coefficient (Wildman–Crippen LogP) is 4.79. The lowest BCUT2D eigenvalue weighted by molar-refractivity contribution is -0.140. The van der Waals surface area contributed by atoms with E-state index in [1.807, 2.05) is 4.90 Å². The van der Waals surface area contributed by atoms with Crippen LogP contribution in [0, 0.1) is 5.41 Å². The highest BCUT2D eigenvalue weighted by molar-refractivity contribution is 7.92. The smallest absolute Gasteiger partial charge is 0.302 e. The Morgan fingerprint density at radius 2 is 1.64 bits per heavy atom. The first-order valence-electron chi connectivity index (χ1n) is 15.2. The molecule has 2 saturated heterocycles. The van der Waals surface area contributed by atoms with E-state index in [4.69, 9.17) is 9.47 Å². The van der Waals surface area contributed by atoms with Crippen molar-refractivity contribution in [3.05, 3.63) is 41.5 Å². The first-order valence-corrected chi connectivity index (χ1v) is 16.8. The summed E-state index contributed by atoms with van der Waals surface area (Å²) in [5, 5.41) is 3.04. The molecule has 1 saturated carbocycles. The number of sulfonamides is 1. The monoisotopic (exact) mass is 632 g/mol. The van der Waals surface area contributed by atoms with E-state index in [-0.39, 0.29) is 44.2 Å². The number of esters is 1. The fourth-order valence-corrected chi connectivity index (χ4v) is 7.20. The van der Waals surface area contributed by atoms with Crippen LogP contribution in [0.4, 0.5) is 31.5 Å². The van der Waals surface area contributed by atoms with Gasteiger partial charge in [0.15, 0.2) is 0 Å². The van der Waals surface area contributed by atoms with Gasteiger partial charge in [0.1, 0.15) is 18.1 Å². The van der Waals surface area contributed by atoms with Crippen molar-refractivity contribution in [2.24, 2.45) is 5.41 Å². The Bertz CT molecular complexity index is 1540. The number of fused-ring (bicyclic) bond motifs is 1. The van der Waals surface area contributed by atoms with Crippen molar-refractivity contribution in [3.63, 3.8) is 0 Å². The molecule has 0 bridgehead atoms. The van der Waals surface area contributed by atoms with E-state index in [2.05, 4.69) is 14.9 Å². The average Bonchev–Trinajstić information content (AvgIpc) is 3.54. The number of carbonyl (C=O) groups excluding carboxylic acids is 2. The molecule has 1 aliphatic carbocycles. The summed E-state index contributed by atoms with van der Waals surface area (Å²) >= 11 is 0. The lowest BCUT2D eigenvalue weighted by Gasteiger charge is -2.35. The highest BCUT2D eigenvalue weighted by Crippen LogP contribution is 2.54. The number of amides is 1. The third kappa shape index (κ3) is 6.87. The number of anilines is 4. The second-order valence-corrected chi connectivity index (χ2v) is 14.2. The molecular formula is C31H38F2N4O6S. The molecule has 3 fully saturated rings. The van der Waals surface area contributed by atoms with E-state index in [0.717, 1.165) is 31.5 Å². The van der Waals surface area contributed by atoms with Crippen LogP contribution in [0.5, 0.6) is 5.75 Å². The van der Waals surface area contributed by atoms with Crippen LogP contribution < -0.4 is 24.6 Å². The summed E-state index contributed by atoms with van der Waals surface area (Å²) in [7, 11) is -3.79. The maximum absolute atomic E-state index is 13.9. The number of nitrogens with zero attached hydrogens (tertiary/aromatic N) is 2. The van der Waals surface area contributed by atoms with E-state index in [1.165, 1.54) is 19.8 Å². The third-order valence-electron chi connectivity index (χ3n) is 9.16.